The zero-order valence-corrected chi connectivity index (χ0v) is 8.14. The van der Waals surface area contributed by atoms with Gasteiger partial charge in [0.05, 0.1) is 7.11 Å². The molecule has 1 rings (SSSR count). The van der Waals surface area contributed by atoms with Crippen molar-refractivity contribution < 1.29 is 9.53 Å². The van der Waals surface area contributed by atoms with Gasteiger partial charge in [-0.15, -0.1) is 0 Å². The normalized spacial score (nSPS) is 16.1. The highest BCUT2D eigenvalue weighted by molar-refractivity contribution is 7.80. The highest BCUT2D eigenvalue weighted by Gasteiger charge is 2.03. The Morgan fingerprint density at radius 3 is 3.08 bits per heavy atom. The minimum Gasteiger partial charge on any atom is -0.466 e. The lowest BCUT2D eigenvalue weighted by molar-refractivity contribution is -0.134. The lowest BCUT2D eigenvalue weighted by Crippen LogP contribution is -2.00. The van der Waals surface area contributed by atoms with Crippen LogP contribution in [0.2, 0.25) is 0 Å². The van der Waals surface area contributed by atoms with Crippen LogP contribution in [0, 0.1) is 0 Å². The van der Waals surface area contributed by atoms with E-state index < -0.39 is 0 Å². The molecule has 0 saturated heterocycles. The van der Waals surface area contributed by atoms with Crippen LogP contribution in [0.5, 0.6) is 0 Å². The fraction of sp³-hybridized carbons (Fsp3) is 0.200. The fourth-order valence-corrected chi connectivity index (χ4v) is 1.16. The van der Waals surface area contributed by atoms with Gasteiger partial charge in [-0.2, -0.15) is 0 Å². The summed E-state index contributed by atoms with van der Waals surface area (Å²) in [5.74, 6) is -0.363. The van der Waals surface area contributed by atoms with Crippen molar-refractivity contribution in [2.24, 2.45) is 0 Å². The predicted molar refractivity (Wildman–Crippen MR) is 55.6 cm³/mol. The van der Waals surface area contributed by atoms with Crippen molar-refractivity contribution in [3.05, 3.63) is 36.0 Å². The summed E-state index contributed by atoms with van der Waals surface area (Å²) in [7, 11) is 1.35. The van der Waals surface area contributed by atoms with Gasteiger partial charge in [0, 0.05) is 17.4 Å². The Balaban J connectivity index is 2.67. The standard InChI is InChI=1S/C10H10O2S/c1-12-10(11)7-6-8-4-2-3-5-9(8)13/h2-4,6-7H,5H2,1H3/b7-6+. The molecule has 0 N–H and O–H groups in total. The summed E-state index contributed by atoms with van der Waals surface area (Å²) in [6, 6.07) is 0. The monoisotopic (exact) mass is 194 g/mol. The second kappa shape index (κ2) is 4.72. The first-order valence-corrected chi connectivity index (χ1v) is 4.31. The molecule has 0 bridgehead atoms. The van der Waals surface area contributed by atoms with Gasteiger partial charge >= 0.3 is 5.97 Å². The van der Waals surface area contributed by atoms with Crippen LogP contribution in [0.1, 0.15) is 6.42 Å². The summed E-state index contributed by atoms with van der Waals surface area (Å²) in [6.07, 6.45) is 9.61. The van der Waals surface area contributed by atoms with Crippen LogP contribution in [0.15, 0.2) is 36.0 Å². The number of esters is 1. The maximum atomic E-state index is 10.8. The van der Waals surface area contributed by atoms with E-state index in [-0.39, 0.29) is 5.97 Å². The van der Waals surface area contributed by atoms with Gasteiger partial charge in [-0.3, -0.25) is 0 Å². The van der Waals surface area contributed by atoms with Gasteiger partial charge in [-0.1, -0.05) is 30.4 Å². The molecule has 0 aromatic heterocycles. The molecule has 1 aliphatic carbocycles. The van der Waals surface area contributed by atoms with Crippen LogP contribution in [-0.4, -0.2) is 17.9 Å². The molecule has 0 amide bonds. The molecule has 0 spiro atoms. The Morgan fingerprint density at radius 1 is 1.69 bits per heavy atom. The van der Waals surface area contributed by atoms with Gasteiger partial charge in [0.2, 0.25) is 0 Å². The summed E-state index contributed by atoms with van der Waals surface area (Å²) >= 11 is 5.09. The van der Waals surface area contributed by atoms with E-state index in [9.17, 15) is 4.79 Å². The van der Waals surface area contributed by atoms with E-state index in [1.807, 2.05) is 18.2 Å². The van der Waals surface area contributed by atoms with E-state index in [0.717, 1.165) is 16.9 Å². The molecular formula is C10H10O2S. The number of carbonyl (C=O) groups excluding carboxylic acids is 1. The van der Waals surface area contributed by atoms with Crippen LogP contribution in [0.4, 0.5) is 0 Å². The highest BCUT2D eigenvalue weighted by atomic mass is 32.1. The zero-order chi connectivity index (χ0) is 9.68. The zero-order valence-electron chi connectivity index (χ0n) is 7.32. The minimum absolute atomic E-state index is 0.363. The molecule has 0 radical (unpaired) electrons. The predicted octanol–water partition coefficient (Wildman–Crippen LogP) is 1.97. The number of ether oxygens (including phenoxy) is 1. The number of rotatable bonds is 2. The van der Waals surface area contributed by atoms with Crippen LogP contribution in [0.3, 0.4) is 0 Å². The first-order chi connectivity index (χ1) is 6.24. The van der Waals surface area contributed by atoms with Gasteiger partial charge in [0.1, 0.15) is 0 Å². The van der Waals surface area contributed by atoms with E-state index >= 15 is 0 Å². The van der Waals surface area contributed by atoms with E-state index in [2.05, 4.69) is 4.74 Å². The van der Waals surface area contributed by atoms with Gasteiger partial charge < -0.3 is 4.74 Å². The lowest BCUT2D eigenvalue weighted by atomic mass is 10.0. The van der Waals surface area contributed by atoms with E-state index in [4.69, 9.17) is 12.2 Å². The lowest BCUT2D eigenvalue weighted by Gasteiger charge is -2.04. The third-order valence-corrected chi connectivity index (χ3v) is 2.04. The van der Waals surface area contributed by atoms with Crippen LogP contribution >= 0.6 is 12.2 Å². The van der Waals surface area contributed by atoms with Gasteiger partial charge in [-0.25, -0.2) is 4.79 Å². The van der Waals surface area contributed by atoms with Crippen molar-refractivity contribution in [2.45, 2.75) is 6.42 Å². The Morgan fingerprint density at radius 2 is 2.46 bits per heavy atom. The van der Waals surface area contributed by atoms with Gasteiger partial charge in [0.25, 0.3) is 0 Å². The molecule has 0 aliphatic heterocycles. The molecule has 0 saturated carbocycles. The molecule has 0 fully saturated rings. The Labute approximate surface area is 82.6 Å². The molecule has 0 aromatic rings. The third-order valence-electron chi connectivity index (χ3n) is 1.64. The molecule has 0 heterocycles. The second-order valence-corrected chi connectivity index (χ2v) is 3.03. The first kappa shape index (κ1) is 9.86. The first-order valence-electron chi connectivity index (χ1n) is 3.90. The van der Waals surface area contributed by atoms with E-state index in [0.29, 0.717) is 0 Å². The van der Waals surface area contributed by atoms with Crippen LogP contribution < -0.4 is 0 Å². The maximum Gasteiger partial charge on any atom is 0.330 e. The number of thiocarbonyl (C=S) groups is 1. The molecule has 0 atom stereocenters. The number of hydrogen-bond donors (Lipinski definition) is 0. The van der Waals surface area contributed by atoms with Crippen molar-refractivity contribution in [3.8, 4) is 0 Å². The van der Waals surface area contributed by atoms with Gasteiger partial charge in [0.15, 0.2) is 0 Å². The fourth-order valence-electron chi connectivity index (χ4n) is 0.932. The number of allylic oxidation sites excluding steroid dienone is 5. The van der Waals surface area contributed by atoms with Gasteiger partial charge in [-0.05, 0) is 11.6 Å². The number of hydrogen-bond acceptors (Lipinski definition) is 3. The summed E-state index contributed by atoms with van der Waals surface area (Å²) in [5, 5.41) is 0. The molecule has 2 nitrogen and oxygen atoms in total. The van der Waals surface area contributed by atoms with Crippen molar-refractivity contribution in [1.29, 1.82) is 0 Å². The number of carbonyl (C=O) groups is 1. The van der Waals surface area contributed by atoms with Crippen molar-refractivity contribution in [2.75, 3.05) is 7.11 Å². The van der Waals surface area contributed by atoms with Crippen LogP contribution in [0.25, 0.3) is 0 Å². The van der Waals surface area contributed by atoms with E-state index in [1.165, 1.54) is 13.2 Å². The average Bonchev–Trinajstić information content (AvgIpc) is 2.16. The molecule has 0 aromatic carbocycles. The molecule has 68 valence electrons. The SMILES string of the molecule is COC(=O)/C=C/C1=CC=CCC1=S. The molecule has 1 aliphatic rings. The Bertz CT molecular complexity index is 311. The van der Waals surface area contributed by atoms with Crippen molar-refractivity contribution >= 4 is 23.1 Å². The number of methoxy groups -OCH3 is 1. The second-order valence-electron chi connectivity index (χ2n) is 2.53. The molecule has 13 heavy (non-hydrogen) atoms. The smallest absolute Gasteiger partial charge is 0.330 e. The topological polar surface area (TPSA) is 26.3 Å². The summed E-state index contributed by atoms with van der Waals surface area (Å²) in [5.41, 5.74) is 0.905. The van der Waals surface area contributed by atoms with Crippen molar-refractivity contribution in [1.82, 2.24) is 0 Å². The van der Waals surface area contributed by atoms with Crippen molar-refractivity contribution in [3.63, 3.8) is 0 Å². The highest BCUT2D eigenvalue weighted by Crippen LogP contribution is 2.10. The summed E-state index contributed by atoms with van der Waals surface area (Å²) < 4.78 is 4.46. The minimum atomic E-state index is -0.363. The summed E-state index contributed by atoms with van der Waals surface area (Å²) in [6.45, 7) is 0. The largest absolute Gasteiger partial charge is 0.466 e. The molecular weight excluding hydrogens is 184 g/mol. The average molecular weight is 194 g/mol. The molecule has 0 unspecified atom stereocenters. The van der Waals surface area contributed by atoms with Crippen LogP contribution in [-0.2, 0) is 9.53 Å². The van der Waals surface area contributed by atoms with E-state index in [1.54, 1.807) is 6.08 Å². The Hall–Kier alpha value is -1.22. The third kappa shape index (κ3) is 2.95. The quantitative estimate of drug-likeness (QED) is 0.382. The Kier molecular flexibility index (Phi) is 3.58. The summed E-state index contributed by atoms with van der Waals surface area (Å²) in [4.78, 5) is 11.6. The maximum absolute atomic E-state index is 10.8. The molecule has 3 heteroatoms.